The van der Waals surface area contributed by atoms with Crippen LogP contribution in [0.15, 0.2) is 17.1 Å². The van der Waals surface area contributed by atoms with E-state index in [9.17, 15) is 8.78 Å². The van der Waals surface area contributed by atoms with Crippen LogP contribution in [0.25, 0.3) is 0 Å². The molecule has 1 aromatic rings. The Morgan fingerprint density at radius 2 is 2.06 bits per heavy atom. The van der Waals surface area contributed by atoms with Gasteiger partial charge in [-0.1, -0.05) is 11.6 Å². The second-order valence-corrected chi connectivity index (χ2v) is 3.93. The van der Waals surface area contributed by atoms with Crippen molar-refractivity contribution in [3.63, 3.8) is 0 Å². The number of hydrogen-bond acceptors (Lipinski definition) is 4. The minimum atomic E-state index is -0.501. The van der Waals surface area contributed by atoms with Crippen LogP contribution in [0, 0.1) is 5.82 Å². The lowest BCUT2D eigenvalue weighted by Gasteiger charge is -2.20. The number of nitrogen functional groups attached to an aromatic ring is 1. The van der Waals surface area contributed by atoms with Crippen molar-refractivity contribution < 1.29 is 13.5 Å². The summed E-state index contributed by atoms with van der Waals surface area (Å²) >= 11 is 5.71. The molecule has 4 N–H and O–H groups in total. The minimum absolute atomic E-state index is 0.00439. The average Bonchev–Trinajstić information content (AvgIpc) is 2.36. The molecule has 1 aromatic carbocycles. The zero-order chi connectivity index (χ0) is 13.7. The molecule has 0 radical (unpaired) electrons. The van der Waals surface area contributed by atoms with Gasteiger partial charge in [-0.3, -0.25) is 4.39 Å². The lowest BCUT2D eigenvalue weighted by molar-refractivity contribution is 0.255. The van der Waals surface area contributed by atoms with Crippen molar-refractivity contribution in [1.29, 1.82) is 0 Å². The van der Waals surface area contributed by atoms with Crippen molar-refractivity contribution in [2.24, 2.45) is 10.7 Å². The molecule has 18 heavy (non-hydrogen) atoms. The summed E-state index contributed by atoms with van der Waals surface area (Å²) in [4.78, 5) is 4.01. The number of nitrogens with zero attached hydrogens (tertiary/aromatic N) is 1. The van der Waals surface area contributed by atoms with E-state index < -0.39 is 5.82 Å². The Labute approximate surface area is 109 Å². The smallest absolute Gasteiger partial charge is 0.282 e. The second kappa shape index (κ2) is 6.39. The predicted octanol–water partition coefficient (Wildman–Crippen LogP) is 2.42. The Balaban J connectivity index is 0.000000771. The zero-order valence-electron chi connectivity index (χ0n) is 9.79. The molecule has 1 aliphatic rings. The van der Waals surface area contributed by atoms with Crippen molar-refractivity contribution >= 4 is 23.3 Å². The highest BCUT2D eigenvalue weighted by Crippen LogP contribution is 2.31. The average molecular weight is 278 g/mol. The summed E-state index contributed by atoms with van der Waals surface area (Å²) in [5.74, 6) is -0.501. The first-order valence-electron chi connectivity index (χ1n) is 5.16. The molecule has 0 aliphatic carbocycles. The van der Waals surface area contributed by atoms with Crippen LogP contribution in [0.1, 0.15) is 18.0 Å². The van der Waals surface area contributed by atoms with Gasteiger partial charge in [-0.05, 0) is 12.1 Å². The topological polar surface area (TPSA) is 73.6 Å². The molecule has 0 fully saturated rings. The largest absolute Gasteiger partial charge is 0.465 e. The fraction of sp³-hybridized carbons (Fsp3) is 0.364. The first kappa shape index (κ1) is 14.5. The number of aliphatic imine (C=N–C) groups is 1. The molecular weight excluding hydrogens is 264 g/mol. The molecule has 100 valence electrons. The molecule has 0 unspecified atom stereocenters. The highest BCUT2D eigenvalue weighted by molar-refractivity contribution is 6.31. The van der Waals surface area contributed by atoms with Gasteiger partial charge in [0.25, 0.3) is 6.02 Å². The molecule has 0 bridgehead atoms. The fourth-order valence-corrected chi connectivity index (χ4v) is 1.87. The molecule has 0 aromatic heterocycles. The Morgan fingerprint density at radius 1 is 1.39 bits per heavy atom. The molecule has 2 rings (SSSR count). The van der Waals surface area contributed by atoms with Crippen LogP contribution < -0.4 is 11.5 Å². The molecule has 1 aliphatic heterocycles. The Morgan fingerprint density at radius 3 is 2.67 bits per heavy atom. The van der Waals surface area contributed by atoms with E-state index in [0.29, 0.717) is 31.5 Å². The monoisotopic (exact) mass is 277 g/mol. The van der Waals surface area contributed by atoms with Crippen LogP contribution in [0.5, 0.6) is 0 Å². The Bertz CT molecular complexity index is 454. The quantitative estimate of drug-likeness (QED) is 0.774. The molecule has 4 nitrogen and oxygen atoms in total. The van der Waals surface area contributed by atoms with Gasteiger partial charge in [-0.2, -0.15) is 0 Å². The van der Waals surface area contributed by atoms with E-state index in [-0.39, 0.29) is 17.1 Å². The van der Waals surface area contributed by atoms with E-state index in [1.54, 1.807) is 0 Å². The third kappa shape index (κ3) is 3.22. The zero-order valence-corrected chi connectivity index (χ0v) is 10.5. The van der Waals surface area contributed by atoms with Crippen molar-refractivity contribution in [2.75, 3.05) is 19.5 Å². The highest BCUT2D eigenvalue weighted by atomic mass is 35.5. The van der Waals surface area contributed by atoms with Gasteiger partial charge in [0.1, 0.15) is 5.82 Å². The normalized spacial score (nSPS) is 18.2. The third-order valence-electron chi connectivity index (χ3n) is 2.36. The summed E-state index contributed by atoms with van der Waals surface area (Å²) in [5.41, 5.74) is 11.8. The minimum Gasteiger partial charge on any atom is -0.465 e. The van der Waals surface area contributed by atoms with Gasteiger partial charge in [0.15, 0.2) is 0 Å². The van der Waals surface area contributed by atoms with Gasteiger partial charge in [0.05, 0.1) is 24.8 Å². The molecule has 7 heteroatoms. The number of halogens is 3. The number of rotatable bonds is 1. The standard InChI is InChI=1S/C10H11ClFN3O.CH3F/c11-7-4-5(13)3-6(9(7)12)8-1-2-16-10(14)15-8;1-2/h3-4,8H,1-2,13H2,(H2,14,15);1H3/t8-;/m0./s1. The summed E-state index contributed by atoms with van der Waals surface area (Å²) < 4.78 is 28.2. The summed E-state index contributed by atoms with van der Waals surface area (Å²) in [5, 5.41) is -0.00439. The number of amidine groups is 1. The van der Waals surface area contributed by atoms with Crippen LogP contribution in [0.2, 0.25) is 5.02 Å². The van der Waals surface area contributed by atoms with Crippen LogP contribution in [-0.4, -0.2) is 19.8 Å². The molecular formula is C11H14ClF2N3O. The first-order chi connectivity index (χ1) is 8.58. The number of alkyl halides is 1. The van der Waals surface area contributed by atoms with Crippen LogP contribution in [0.3, 0.4) is 0 Å². The van der Waals surface area contributed by atoms with Gasteiger partial charge in [0, 0.05) is 17.7 Å². The van der Waals surface area contributed by atoms with Crippen LogP contribution >= 0.6 is 11.6 Å². The number of anilines is 1. The van der Waals surface area contributed by atoms with E-state index in [1.165, 1.54) is 12.1 Å². The summed E-state index contributed by atoms with van der Waals surface area (Å²) in [6.45, 7) is 0.409. The Hall–Kier alpha value is -1.56. The first-order valence-corrected chi connectivity index (χ1v) is 5.54. The van der Waals surface area contributed by atoms with Gasteiger partial charge in [-0.15, -0.1) is 0 Å². The van der Waals surface area contributed by atoms with Crippen molar-refractivity contribution in [3.8, 4) is 0 Å². The van der Waals surface area contributed by atoms with E-state index in [1.807, 2.05) is 0 Å². The molecule has 0 saturated heterocycles. The lowest BCUT2D eigenvalue weighted by atomic mass is 10.0. The van der Waals surface area contributed by atoms with Gasteiger partial charge >= 0.3 is 0 Å². The number of hydrogen-bond donors (Lipinski definition) is 2. The van der Waals surface area contributed by atoms with E-state index >= 15 is 0 Å². The van der Waals surface area contributed by atoms with E-state index in [0.717, 1.165) is 0 Å². The van der Waals surface area contributed by atoms with Crippen molar-refractivity contribution in [2.45, 2.75) is 12.5 Å². The maximum Gasteiger partial charge on any atom is 0.282 e. The second-order valence-electron chi connectivity index (χ2n) is 3.53. The predicted molar refractivity (Wildman–Crippen MR) is 67.8 cm³/mol. The summed E-state index contributed by atoms with van der Waals surface area (Å²) in [6, 6.07) is 2.57. The van der Waals surface area contributed by atoms with Crippen LogP contribution in [0.4, 0.5) is 14.5 Å². The van der Waals surface area contributed by atoms with Crippen molar-refractivity contribution in [1.82, 2.24) is 0 Å². The summed E-state index contributed by atoms with van der Waals surface area (Å²) in [7, 11) is 0.500. The fourth-order valence-electron chi connectivity index (χ4n) is 1.63. The van der Waals surface area contributed by atoms with Gasteiger partial charge < -0.3 is 16.2 Å². The van der Waals surface area contributed by atoms with E-state index in [2.05, 4.69) is 4.99 Å². The molecule has 1 heterocycles. The number of ether oxygens (including phenoxy) is 1. The molecule has 0 amide bonds. The van der Waals surface area contributed by atoms with Crippen LogP contribution in [-0.2, 0) is 4.74 Å². The lowest BCUT2D eigenvalue weighted by Crippen LogP contribution is -2.24. The number of benzene rings is 1. The molecule has 1 atom stereocenters. The Kier molecular flexibility index (Phi) is 5.15. The number of nitrogens with two attached hydrogens (primary N) is 2. The summed E-state index contributed by atoms with van der Waals surface area (Å²) in [6.07, 6.45) is 0.553. The molecule has 0 saturated carbocycles. The van der Waals surface area contributed by atoms with Gasteiger partial charge in [0.2, 0.25) is 0 Å². The molecule has 0 spiro atoms. The maximum atomic E-state index is 13.8. The highest BCUT2D eigenvalue weighted by Gasteiger charge is 2.21. The van der Waals surface area contributed by atoms with E-state index in [4.69, 9.17) is 27.8 Å². The van der Waals surface area contributed by atoms with Gasteiger partial charge in [-0.25, -0.2) is 9.38 Å². The van der Waals surface area contributed by atoms with Crippen molar-refractivity contribution in [3.05, 3.63) is 28.5 Å². The SMILES string of the molecule is CF.NC1=N[C@H](c2cc(N)cc(Cl)c2F)CCO1. The maximum absolute atomic E-state index is 13.8. The third-order valence-corrected chi connectivity index (χ3v) is 2.64.